The normalized spacial score (nSPS) is 27.0. The highest BCUT2D eigenvalue weighted by molar-refractivity contribution is 9.10. The summed E-state index contributed by atoms with van der Waals surface area (Å²) in [5.41, 5.74) is 0.165. The van der Waals surface area contributed by atoms with Gasteiger partial charge in [0.2, 0.25) is 0 Å². The SMILES string of the molecule is CC1(N2CCC(C(=O)O)(c3ccc(Br)cc3)CC2)C=CC=CC1. The van der Waals surface area contributed by atoms with Gasteiger partial charge in [0.05, 0.1) is 5.41 Å². The maximum Gasteiger partial charge on any atom is 0.314 e. The summed E-state index contributed by atoms with van der Waals surface area (Å²) >= 11 is 3.42. The van der Waals surface area contributed by atoms with Crippen LogP contribution in [-0.2, 0) is 10.2 Å². The molecule has 4 heteroatoms. The molecule has 1 atom stereocenters. The van der Waals surface area contributed by atoms with Crippen molar-refractivity contribution < 1.29 is 9.90 Å². The molecule has 1 aromatic carbocycles. The van der Waals surface area contributed by atoms with Gasteiger partial charge in [0.25, 0.3) is 0 Å². The molecular weight excluding hydrogens is 354 g/mol. The molecule has 1 aliphatic carbocycles. The van der Waals surface area contributed by atoms with Crippen LogP contribution < -0.4 is 0 Å². The first-order valence-electron chi connectivity index (χ1n) is 8.05. The van der Waals surface area contributed by atoms with Crippen molar-refractivity contribution in [1.29, 1.82) is 0 Å². The van der Waals surface area contributed by atoms with Crippen molar-refractivity contribution in [3.63, 3.8) is 0 Å². The first-order valence-corrected chi connectivity index (χ1v) is 8.84. The minimum absolute atomic E-state index is 0.0130. The monoisotopic (exact) mass is 375 g/mol. The third-order valence-corrected chi connectivity index (χ3v) is 5.91. The molecule has 1 aliphatic heterocycles. The van der Waals surface area contributed by atoms with E-state index in [1.807, 2.05) is 24.3 Å². The Balaban J connectivity index is 1.81. The highest BCUT2D eigenvalue weighted by Gasteiger charge is 2.45. The summed E-state index contributed by atoms with van der Waals surface area (Å²) < 4.78 is 0.978. The van der Waals surface area contributed by atoms with E-state index in [4.69, 9.17) is 0 Å². The highest BCUT2D eigenvalue weighted by Crippen LogP contribution is 2.39. The van der Waals surface area contributed by atoms with Crippen molar-refractivity contribution in [2.24, 2.45) is 0 Å². The molecule has 0 amide bonds. The standard InChI is InChI=1S/C19H22BrNO2/c1-18(9-3-2-4-10-18)21-13-11-19(12-14-21,17(22)23)15-5-7-16(20)8-6-15/h2-9H,10-14H2,1H3,(H,22,23). The van der Waals surface area contributed by atoms with E-state index in [1.165, 1.54) is 0 Å². The smallest absolute Gasteiger partial charge is 0.314 e. The lowest BCUT2D eigenvalue weighted by Gasteiger charge is -2.47. The molecule has 2 aliphatic rings. The molecule has 3 rings (SSSR count). The van der Waals surface area contributed by atoms with Crippen LogP contribution in [0.2, 0.25) is 0 Å². The lowest BCUT2D eigenvalue weighted by molar-refractivity contribution is -0.146. The third-order valence-electron chi connectivity index (χ3n) is 5.38. The molecule has 3 nitrogen and oxygen atoms in total. The van der Waals surface area contributed by atoms with Crippen LogP contribution in [0.1, 0.15) is 31.7 Å². The number of benzene rings is 1. The average molecular weight is 376 g/mol. The highest BCUT2D eigenvalue weighted by atomic mass is 79.9. The molecule has 122 valence electrons. The first-order chi connectivity index (χ1) is 11.0. The van der Waals surface area contributed by atoms with Crippen molar-refractivity contribution in [2.75, 3.05) is 13.1 Å². The summed E-state index contributed by atoms with van der Waals surface area (Å²) in [7, 11) is 0. The maximum absolute atomic E-state index is 12.1. The van der Waals surface area contributed by atoms with Gasteiger partial charge in [0.15, 0.2) is 0 Å². The molecule has 1 saturated heterocycles. The zero-order chi connectivity index (χ0) is 16.5. The summed E-state index contributed by atoms with van der Waals surface area (Å²) in [4.78, 5) is 14.5. The second-order valence-electron chi connectivity index (χ2n) is 6.73. The molecule has 0 spiro atoms. The zero-order valence-electron chi connectivity index (χ0n) is 13.3. The number of aliphatic carboxylic acids is 1. The van der Waals surface area contributed by atoms with Gasteiger partial charge in [-0.15, -0.1) is 0 Å². The fourth-order valence-corrected chi connectivity index (χ4v) is 4.01. The quantitative estimate of drug-likeness (QED) is 0.862. The Kier molecular flexibility index (Phi) is 4.47. The summed E-state index contributed by atoms with van der Waals surface area (Å²) in [5.74, 6) is -0.705. The summed E-state index contributed by atoms with van der Waals surface area (Å²) in [6.07, 6.45) is 10.9. The van der Waals surface area contributed by atoms with Gasteiger partial charge in [-0.2, -0.15) is 0 Å². The van der Waals surface area contributed by atoms with Crippen LogP contribution in [0, 0.1) is 0 Å². The van der Waals surface area contributed by atoms with Crippen molar-refractivity contribution >= 4 is 21.9 Å². The number of nitrogens with zero attached hydrogens (tertiary/aromatic N) is 1. The molecule has 0 saturated carbocycles. The van der Waals surface area contributed by atoms with E-state index in [2.05, 4.69) is 52.1 Å². The molecule has 1 fully saturated rings. The number of rotatable bonds is 3. The van der Waals surface area contributed by atoms with E-state index >= 15 is 0 Å². The number of hydrogen-bond acceptors (Lipinski definition) is 2. The van der Waals surface area contributed by atoms with Gasteiger partial charge in [0, 0.05) is 23.1 Å². The Morgan fingerprint density at radius 1 is 1.17 bits per heavy atom. The largest absolute Gasteiger partial charge is 0.481 e. The van der Waals surface area contributed by atoms with Crippen molar-refractivity contribution in [1.82, 2.24) is 4.90 Å². The Morgan fingerprint density at radius 2 is 1.83 bits per heavy atom. The summed E-state index contributed by atoms with van der Waals surface area (Å²) in [6.45, 7) is 3.84. The number of allylic oxidation sites excluding steroid dienone is 2. The van der Waals surface area contributed by atoms with Gasteiger partial charge in [-0.25, -0.2) is 0 Å². The average Bonchev–Trinajstić information content (AvgIpc) is 2.56. The Bertz CT molecular complexity index is 642. The van der Waals surface area contributed by atoms with Crippen LogP contribution in [-0.4, -0.2) is 34.6 Å². The number of hydrogen-bond donors (Lipinski definition) is 1. The molecule has 0 bridgehead atoms. The van der Waals surface area contributed by atoms with Crippen LogP contribution in [0.15, 0.2) is 53.0 Å². The van der Waals surface area contributed by atoms with Crippen molar-refractivity contribution in [2.45, 2.75) is 37.1 Å². The zero-order valence-corrected chi connectivity index (χ0v) is 14.9. The first kappa shape index (κ1) is 16.5. The van der Waals surface area contributed by atoms with Gasteiger partial charge in [-0.1, -0.05) is 52.4 Å². The van der Waals surface area contributed by atoms with Gasteiger partial charge >= 0.3 is 5.97 Å². The van der Waals surface area contributed by atoms with Crippen molar-refractivity contribution in [3.05, 3.63) is 58.6 Å². The molecule has 1 unspecified atom stereocenters. The third kappa shape index (κ3) is 3.02. The minimum Gasteiger partial charge on any atom is -0.481 e. The van der Waals surface area contributed by atoms with E-state index in [0.29, 0.717) is 12.8 Å². The number of likely N-dealkylation sites (tertiary alicyclic amines) is 1. The second kappa shape index (κ2) is 6.25. The molecule has 1 N–H and O–H groups in total. The molecule has 0 aromatic heterocycles. The van der Waals surface area contributed by atoms with Gasteiger partial charge in [0.1, 0.15) is 0 Å². The molecule has 23 heavy (non-hydrogen) atoms. The summed E-state index contributed by atoms with van der Waals surface area (Å²) in [6, 6.07) is 7.75. The number of carboxylic acid groups (broad SMARTS) is 1. The molecule has 1 heterocycles. The van der Waals surface area contributed by atoms with E-state index < -0.39 is 11.4 Å². The van der Waals surface area contributed by atoms with E-state index in [-0.39, 0.29) is 5.54 Å². The Hall–Kier alpha value is -1.39. The lowest BCUT2D eigenvalue weighted by atomic mass is 9.71. The molecule has 1 aromatic rings. The summed E-state index contributed by atoms with van der Waals surface area (Å²) in [5, 5.41) is 9.92. The fraction of sp³-hybridized carbons (Fsp3) is 0.421. The number of piperidine rings is 1. The van der Waals surface area contributed by atoms with Gasteiger partial charge in [-0.05, 0) is 43.9 Å². The van der Waals surface area contributed by atoms with Crippen molar-refractivity contribution in [3.8, 4) is 0 Å². The van der Waals surface area contributed by atoms with Crippen LogP contribution >= 0.6 is 15.9 Å². The van der Waals surface area contributed by atoms with E-state index in [1.54, 1.807) is 0 Å². The van der Waals surface area contributed by atoms with E-state index in [0.717, 1.165) is 29.5 Å². The Morgan fingerprint density at radius 3 is 2.35 bits per heavy atom. The lowest BCUT2D eigenvalue weighted by Crippen LogP contribution is -2.54. The number of halogens is 1. The second-order valence-corrected chi connectivity index (χ2v) is 7.65. The molecular formula is C19H22BrNO2. The fourth-order valence-electron chi connectivity index (χ4n) is 3.74. The van der Waals surface area contributed by atoms with Crippen LogP contribution in [0.4, 0.5) is 0 Å². The Labute approximate surface area is 145 Å². The predicted molar refractivity (Wildman–Crippen MR) is 95.6 cm³/mol. The van der Waals surface area contributed by atoms with Crippen LogP contribution in [0.5, 0.6) is 0 Å². The maximum atomic E-state index is 12.1. The number of carboxylic acids is 1. The molecule has 0 radical (unpaired) electrons. The van der Waals surface area contributed by atoms with Crippen LogP contribution in [0.3, 0.4) is 0 Å². The van der Waals surface area contributed by atoms with Gasteiger partial charge in [-0.3, -0.25) is 9.69 Å². The van der Waals surface area contributed by atoms with Crippen LogP contribution in [0.25, 0.3) is 0 Å². The number of carbonyl (C=O) groups is 1. The topological polar surface area (TPSA) is 40.5 Å². The minimum atomic E-state index is -0.762. The van der Waals surface area contributed by atoms with E-state index in [9.17, 15) is 9.90 Å². The predicted octanol–water partition coefficient (Wildman–Crippen LogP) is 4.14. The van der Waals surface area contributed by atoms with Gasteiger partial charge < -0.3 is 5.11 Å².